The molecule has 20 rings (SSSR count). The second-order valence-corrected chi connectivity index (χ2v) is 34.5. The first-order chi connectivity index (χ1) is 69.5. The van der Waals surface area contributed by atoms with Crippen LogP contribution in [0.25, 0.3) is 124 Å². The summed E-state index contributed by atoms with van der Waals surface area (Å²) in [5.41, 5.74) is 11.6. The van der Waals surface area contributed by atoms with E-state index in [1.807, 2.05) is 272 Å². The van der Waals surface area contributed by atoms with Crippen molar-refractivity contribution in [3.05, 3.63) is 441 Å². The zero-order chi connectivity index (χ0) is 100. The summed E-state index contributed by atoms with van der Waals surface area (Å²) in [6.45, 7) is 41.6. The van der Waals surface area contributed by atoms with E-state index in [0.29, 0.717) is 126 Å². The number of benzene rings is 8. The van der Waals surface area contributed by atoms with Crippen LogP contribution < -0.4 is 53.8 Å². The van der Waals surface area contributed by atoms with Gasteiger partial charge in [-0.25, -0.2) is 44.4 Å². The van der Waals surface area contributed by atoms with Gasteiger partial charge >= 0.3 is 0 Å². The van der Waals surface area contributed by atoms with Crippen molar-refractivity contribution >= 4 is 94.8 Å². The van der Waals surface area contributed by atoms with Gasteiger partial charge < -0.3 is 35.5 Å². The Bertz CT molecular complexity index is 8730. The first-order valence-electron chi connectivity index (χ1n) is 45.5. The van der Waals surface area contributed by atoms with E-state index < -0.39 is 0 Å². The summed E-state index contributed by atoms with van der Waals surface area (Å²) in [6.07, 6.45) is 15.9. The molecule has 0 spiro atoms. The second-order valence-electron chi connectivity index (χ2n) is 33.2. The van der Waals surface area contributed by atoms with E-state index in [9.17, 15) is 29.2 Å². The predicted octanol–water partition coefficient (Wildman–Crippen LogP) is 22.5. The van der Waals surface area contributed by atoms with Gasteiger partial charge in [0.25, 0.3) is 22.2 Å². The second kappa shape index (κ2) is 42.6. The van der Waals surface area contributed by atoms with Gasteiger partial charge in [-0.15, -0.1) is 11.3 Å². The van der Waals surface area contributed by atoms with Crippen molar-refractivity contribution in [1.82, 2.24) is 78.2 Å². The molecule has 0 saturated carbocycles. The highest BCUT2D eigenvalue weighted by Gasteiger charge is 2.28. The fourth-order valence-electron chi connectivity index (χ4n) is 17.1. The van der Waals surface area contributed by atoms with Crippen molar-refractivity contribution in [2.24, 2.45) is 0 Å². The van der Waals surface area contributed by atoms with Gasteiger partial charge in [-0.1, -0.05) is 151 Å². The minimum absolute atomic E-state index is 0.108. The number of fused-ring (bicyclic) bond motifs is 4. The first-order valence-corrected chi connectivity index (χ1v) is 46.3. The number of H-pyrrole nitrogens is 1. The molecule has 0 fully saturated rings. The van der Waals surface area contributed by atoms with Crippen LogP contribution in [0.2, 0.25) is 0 Å². The van der Waals surface area contributed by atoms with Crippen LogP contribution in [-0.2, 0) is 0 Å². The van der Waals surface area contributed by atoms with Gasteiger partial charge in [-0.2, -0.15) is 5.26 Å². The van der Waals surface area contributed by atoms with Gasteiger partial charge in [-0.05, 0) is 198 Å². The Labute approximate surface area is 823 Å². The number of rotatable bonds is 22. The highest BCUT2D eigenvalue weighted by molar-refractivity contribution is 7.15. The zero-order valence-corrected chi connectivity index (χ0v) is 79.9. The van der Waals surface area contributed by atoms with Gasteiger partial charge in [0.05, 0.1) is 101 Å². The zero-order valence-electron chi connectivity index (χ0n) is 79.1. The lowest BCUT2D eigenvalue weighted by Crippen LogP contribution is -2.26. The molecule has 8 aromatic carbocycles. The number of ether oxygens (including phenoxy) is 1. The lowest BCUT2D eigenvalue weighted by atomic mass is 9.98. The molecule has 0 amide bonds. The summed E-state index contributed by atoms with van der Waals surface area (Å²) >= 11 is 1.57. The normalized spacial score (nSPS) is 11.7. The van der Waals surface area contributed by atoms with Crippen molar-refractivity contribution in [1.29, 1.82) is 5.26 Å². The maximum Gasteiger partial charge on any atom is 0.263 e. The summed E-state index contributed by atoms with van der Waals surface area (Å²) < 4.78 is 17.5. The first kappa shape index (κ1) is 95.5. The molecule has 20 aromatic rings. The van der Waals surface area contributed by atoms with Gasteiger partial charge in [0.15, 0.2) is 0 Å². The lowest BCUT2D eigenvalue weighted by Gasteiger charge is -2.22. The minimum atomic E-state index is -0.375. The Morgan fingerprint density at radius 2 is 0.769 bits per heavy atom. The van der Waals surface area contributed by atoms with Gasteiger partial charge in [-0.3, -0.25) is 62.2 Å². The van der Waals surface area contributed by atoms with Crippen molar-refractivity contribution in [2.45, 2.75) is 93.4 Å². The van der Waals surface area contributed by atoms with E-state index in [-0.39, 0.29) is 52.0 Å². The van der Waals surface area contributed by atoms with Crippen LogP contribution in [0.1, 0.15) is 115 Å². The molecule has 143 heavy (non-hydrogen) atoms. The number of anilines is 4. The van der Waals surface area contributed by atoms with Crippen LogP contribution in [0, 0.1) is 65.7 Å². The Morgan fingerprint density at radius 3 is 1.13 bits per heavy atom. The Balaban J connectivity index is 0.000000131. The Hall–Kier alpha value is -19.2. The molecule has 12 aromatic heterocycles. The number of hydrogen-bond acceptors (Lipinski definition) is 24. The van der Waals surface area contributed by atoms with Crippen molar-refractivity contribution in [2.75, 3.05) is 27.9 Å². The lowest BCUT2D eigenvalue weighted by molar-refractivity contribution is 0.339. The van der Waals surface area contributed by atoms with E-state index >= 15 is 0 Å². The quantitative estimate of drug-likeness (QED) is 0.0393. The van der Waals surface area contributed by atoms with E-state index in [2.05, 4.69) is 102 Å². The average molecular weight is 1900 g/mol. The number of nitrogens with zero attached hydrogens (tertiary/aromatic N) is 19. The number of thiazole rings is 1. The SMILES string of the molecule is CCOc1cncc(-c2cccc3cc([C@H](C)Nc4nc(C)ncc4C#N)n(-c4ccccc4)c(=O)c23)c1.[C-]#[N+]c1cnc(C)nc1N[C@@H](C)c1cc2cccc(-c3cc[nH]c(=O)c3)c2c(=O)n1-c1ccccc1.[C-]#[N+]c1cnc(C)nc1N[C@@H](C)c1cc2cccc(-c3cnc(C)s3)c2c(=O)n1-c1ccccc1.[C-]#[N+]c1cnc(C)nc1N[C@@H](C)c1cc2cccc(-c3cnoc3)c2c(=O)n1-c1ccccc1. The summed E-state index contributed by atoms with van der Waals surface area (Å²) in [5, 5.41) is 33.1. The number of pyridine rings is 6. The van der Waals surface area contributed by atoms with E-state index in [0.717, 1.165) is 93.4 Å². The van der Waals surface area contributed by atoms with Crippen LogP contribution in [-0.4, -0.2) is 84.9 Å². The number of aromatic amines is 1. The van der Waals surface area contributed by atoms with Crippen LogP contribution in [0.4, 0.5) is 40.3 Å². The third kappa shape index (κ3) is 20.5. The van der Waals surface area contributed by atoms with Crippen LogP contribution in [0.3, 0.4) is 0 Å². The van der Waals surface area contributed by atoms with Gasteiger partial charge in [0.1, 0.15) is 70.2 Å². The number of hydrogen-bond donors (Lipinski definition) is 5. The molecule has 31 nitrogen and oxygen atoms in total. The summed E-state index contributed by atoms with van der Waals surface area (Å²) in [6, 6.07) is 74.9. The Morgan fingerprint density at radius 1 is 0.406 bits per heavy atom. The summed E-state index contributed by atoms with van der Waals surface area (Å²) in [7, 11) is 0. The van der Waals surface area contributed by atoms with E-state index in [1.54, 1.807) is 88.2 Å². The third-order valence-electron chi connectivity index (χ3n) is 23.7. The van der Waals surface area contributed by atoms with Crippen LogP contribution in [0.15, 0.2) is 327 Å². The fraction of sp³-hybridized carbons (Fsp3) is 0.135. The highest BCUT2D eigenvalue weighted by Crippen LogP contribution is 2.40. The number of aromatic nitrogens is 16. The summed E-state index contributed by atoms with van der Waals surface area (Å²) in [4.78, 5) is 126. The fourth-order valence-corrected chi connectivity index (χ4v) is 17.9. The van der Waals surface area contributed by atoms with Crippen LogP contribution in [0.5, 0.6) is 5.75 Å². The van der Waals surface area contributed by atoms with Crippen molar-refractivity contribution in [3.8, 4) is 78.4 Å². The standard InChI is InChI=1S/C30H26N6O2.C28H22N6O2.C27H22N6OS.C26H20N6O2/c1-4-38-25-13-22(16-32-18-25)26-12-8-9-21-14-27(19(2)34-29-23(15-31)17-33-20(3)35-29)36(30(37)28(21)26)24-10-6-5-7-11-24;1-17(32-27-23(29-3)16-31-18(2)33-27)24-14-20-8-7-11-22(19-12-13-30-25(35)15-19)26(20)28(36)34(24)21-9-5-4-6-10-21;1-16(31-26-22(28-4)14-29-17(2)32-26)23-13-19-9-8-12-21(24-15-30-18(3)35-24)25(19)27(34)33(23)20-10-6-5-7-11-20;1-16(30-25-22(27-3)14-28-17(2)31-25)23-12-18-8-7-11-21(19-13-29-34-15-19)24(18)26(33)32(23)20-9-5-4-6-10-20/h5-14,16-19H,4H2,1-3H3,(H,33,34,35);4-17H,1-2H3,(H,30,35)(H,31,32,33);5-16H,1-3H3,(H,29,31,32);4-16H,1-2H3,(H,28,30,31)/t19-;17-;2*16-/m0000/s1. The molecule has 0 unspecified atom stereocenters. The van der Waals surface area contributed by atoms with Crippen molar-refractivity contribution in [3.63, 3.8) is 0 Å². The molecule has 0 aliphatic rings. The molecule has 0 radical (unpaired) electrons. The summed E-state index contributed by atoms with van der Waals surface area (Å²) in [5.74, 6) is 4.56. The molecule has 0 saturated heterocycles. The molecular formula is C111H90N24O7S. The van der Waals surface area contributed by atoms with E-state index in [4.69, 9.17) is 29.0 Å². The third-order valence-corrected chi connectivity index (χ3v) is 24.6. The van der Waals surface area contributed by atoms with Crippen molar-refractivity contribution < 1.29 is 9.26 Å². The van der Waals surface area contributed by atoms with Gasteiger partial charge in [0.2, 0.25) is 22.6 Å². The minimum Gasteiger partial charge on any atom is -0.492 e. The number of aryl methyl sites for hydroxylation is 5. The topological polar surface area (TPSA) is 370 Å². The smallest absolute Gasteiger partial charge is 0.263 e. The molecule has 702 valence electrons. The molecular weight excluding hydrogens is 1810 g/mol. The molecule has 4 atom stereocenters. The molecule has 0 bridgehead atoms. The largest absolute Gasteiger partial charge is 0.492 e. The molecule has 5 N–H and O–H groups in total. The number of para-hydroxylation sites is 4. The Kier molecular flexibility index (Phi) is 28.5. The van der Waals surface area contributed by atoms with Crippen LogP contribution >= 0.6 is 11.3 Å². The highest BCUT2D eigenvalue weighted by atomic mass is 32.1. The molecule has 0 aliphatic heterocycles. The maximum absolute atomic E-state index is 14.3. The molecule has 0 aliphatic carbocycles. The number of nitrogens with one attached hydrogen (secondary N) is 5. The maximum atomic E-state index is 14.3. The predicted molar refractivity (Wildman–Crippen MR) is 559 cm³/mol. The molecule has 12 heterocycles. The van der Waals surface area contributed by atoms with Gasteiger partial charge in [0, 0.05) is 105 Å². The number of nitriles is 1. The average Bonchev–Trinajstić information content (AvgIpc) is 1.52. The monoisotopic (exact) mass is 1900 g/mol. The molecule has 32 heteroatoms. The van der Waals surface area contributed by atoms with E-state index in [1.165, 1.54) is 37.1 Å².